The summed E-state index contributed by atoms with van der Waals surface area (Å²) >= 11 is 0. The summed E-state index contributed by atoms with van der Waals surface area (Å²) in [5, 5.41) is 0. The van der Waals surface area contributed by atoms with Crippen molar-refractivity contribution in [1.29, 1.82) is 0 Å². The molecule has 0 aliphatic heterocycles. The van der Waals surface area contributed by atoms with Crippen LogP contribution in [0.5, 0.6) is 5.75 Å². The van der Waals surface area contributed by atoms with Crippen LogP contribution in [0.3, 0.4) is 0 Å². The number of benzene rings is 1. The summed E-state index contributed by atoms with van der Waals surface area (Å²) in [5.41, 5.74) is 6.15. The Bertz CT molecular complexity index is 361. The Balaban J connectivity index is 2.46. The lowest BCUT2D eigenvalue weighted by atomic mass is 10.3. The molecule has 2 N–H and O–H groups in total. The van der Waals surface area contributed by atoms with Gasteiger partial charge in [-0.3, -0.25) is 0 Å². The molecule has 15 heavy (non-hydrogen) atoms. The van der Waals surface area contributed by atoms with E-state index in [4.69, 9.17) is 10.5 Å². The number of nitrogens with two attached hydrogens (primary N) is 1. The van der Waals surface area contributed by atoms with Gasteiger partial charge in [0.25, 0.3) is 0 Å². The number of carbonyl (C=O) groups is 1. The molecule has 0 fully saturated rings. The van der Waals surface area contributed by atoms with Crippen molar-refractivity contribution in [2.75, 3.05) is 12.3 Å². The molecule has 0 saturated heterocycles. The van der Waals surface area contributed by atoms with Crippen LogP contribution >= 0.6 is 0 Å². The molecular weight excluding hydrogens is 194 g/mol. The molecule has 0 bridgehead atoms. The van der Waals surface area contributed by atoms with Gasteiger partial charge in [0.1, 0.15) is 5.75 Å². The highest BCUT2D eigenvalue weighted by molar-refractivity contribution is 5.81. The van der Waals surface area contributed by atoms with Gasteiger partial charge in [-0.15, -0.1) is 0 Å². The van der Waals surface area contributed by atoms with Crippen molar-refractivity contribution in [3.8, 4) is 5.75 Å². The second-order valence-corrected chi connectivity index (χ2v) is 2.75. The van der Waals surface area contributed by atoms with E-state index in [9.17, 15) is 4.79 Å². The molecule has 0 radical (unpaired) electrons. The van der Waals surface area contributed by atoms with Gasteiger partial charge >= 0.3 is 5.97 Å². The quantitative estimate of drug-likeness (QED) is 0.353. The van der Waals surface area contributed by atoms with Crippen LogP contribution in [0, 0.1) is 0 Å². The molecular formula is C11H13NO3. The molecule has 0 atom stereocenters. The zero-order valence-electron chi connectivity index (χ0n) is 8.47. The molecule has 1 aromatic carbocycles. The first-order valence-corrected chi connectivity index (χ1v) is 4.58. The monoisotopic (exact) mass is 207 g/mol. The fourth-order valence-corrected chi connectivity index (χ4v) is 0.946. The van der Waals surface area contributed by atoms with Crippen molar-refractivity contribution in [2.24, 2.45) is 0 Å². The van der Waals surface area contributed by atoms with Crippen molar-refractivity contribution < 1.29 is 14.3 Å². The lowest BCUT2D eigenvalue weighted by Gasteiger charge is -2.00. The first-order valence-electron chi connectivity index (χ1n) is 4.58. The maximum atomic E-state index is 10.9. The van der Waals surface area contributed by atoms with Gasteiger partial charge in [0.15, 0.2) is 0 Å². The molecule has 0 aromatic heterocycles. The lowest BCUT2D eigenvalue weighted by Crippen LogP contribution is -1.99. The van der Waals surface area contributed by atoms with Crippen molar-refractivity contribution in [3.05, 3.63) is 36.6 Å². The third-order valence-corrected chi connectivity index (χ3v) is 1.55. The SMILES string of the molecule is CCOC(=O)C=COc1cccc(N)c1. The fourth-order valence-electron chi connectivity index (χ4n) is 0.946. The Hall–Kier alpha value is -1.97. The Morgan fingerprint density at radius 2 is 2.33 bits per heavy atom. The molecule has 1 aromatic rings. The van der Waals surface area contributed by atoms with Gasteiger partial charge in [-0.2, -0.15) is 0 Å². The van der Waals surface area contributed by atoms with Crippen molar-refractivity contribution in [1.82, 2.24) is 0 Å². The van der Waals surface area contributed by atoms with Gasteiger partial charge in [-0.1, -0.05) is 6.07 Å². The maximum absolute atomic E-state index is 10.9. The minimum Gasteiger partial charge on any atom is -0.465 e. The molecule has 0 aliphatic carbocycles. The summed E-state index contributed by atoms with van der Waals surface area (Å²) in [7, 11) is 0. The molecule has 1 rings (SSSR count). The Kier molecular flexibility index (Phi) is 4.22. The molecule has 0 amide bonds. The average molecular weight is 207 g/mol. The van der Waals surface area contributed by atoms with E-state index in [1.807, 2.05) is 0 Å². The summed E-state index contributed by atoms with van der Waals surface area (Å²) in [5.74, 6) is 0.150. The van der Waals surface area contributed by atoms with E-state index in [1.54, 1.807) is 31.2 Å². The van der Waals surface area contributed by atoms with E-state index < -0.39 is 5.97 Å². The van der Waals surface area contributed by atoms with E-state index in [2.05, 4.69) is 4.74 Å². The topological polar surface area (TPSA) is 61.5 Å². The molecule has 0 heterocycles. The summed E-state index contributed by atoms with van der Waals surface area (Å²) in [6.07, 6.45) is 2.49. The summed E-state index contributed by atoms with van der Waals surface area (Å²) in [6, 6.07) is 6.92. The van der Waals surface area contributed by atoms with Crippen LogP contribution in [0.4, 0.5) is 5.69 Å². The van der Waals surface area contributed by atoms with Gasteiger partial charge in [0, 0.05) is 11.8 Å². The first kappa shape index (κ1) is 11.1. The zero-order chi connectivity index (χ0) is 11.1. The van der Waals surface area contributed by atoms with Crippen molar-refractivity contribution >= 4 is 11.7 Å². The molecule has 4 nitrogen and oxygen atoms in total. The number of anilines is 1. The lowest BCUT2D eigenvalue weighted by molar-refractivity contribution is -0.137. The van der Waals surface area contributed by atoms with Gasteiger partial charge in [-0.05, 0) is 19.1 Å². The van der Waals surface area contributed by atoms with Gasteiger partial charge in [-0.25, -0.2) is 4.79 Å². The highest BCUT2D eigenvalue weighted by Crippen LogP contribution is 2.14. The number of esters is 1. The van der Waals surface area contributed by atoms with E-state index in [-0.39, 0.29) is 0 Å². The normalized spacial score (nSPS) is 10.2. The third kappa shape index (κ3) is 4.17. The average Bonchev–Trinajstić information content (AvgIpc) is 2.18. The van der Waals surface area contributed by atoms with Crippen LogP contribution in [-0.2, 0) is 9.53 Å². The van der Waals surface area contributed by atoms with Crippen LogP contribution in [0.25, 0.3) is 0 Å². The molecule has 0 spiro atoms. The number of hydrogen-bond donors (Lipinski definition) is 1. The van der Waals surface area contributed by atoms with Gasteiger partial charge in [0.2, 0.25) is 0 Å². The maximum Gasteiger partial charge on any atom is 0.333 e. The molecule has 4 heteroatoms. The molecule has 80 valence electrons. The van der Waals surface area contributed by atoms with E-state index >= 15 is 0 Å². The van der Waals surface area contributed by atoms with Crippen LogP contribution in [-0.4, -0.2) is 12.6 Å². The third-order valence-electron chi connectivity index (χ3n) is 1.55. The smallest absolute Gasteiger partial charge is 0.333 e. The van der Waals surface area contributed by atoms with Gasteiger partial charge in [0.05, 0.1) is 18.9 Å². The highest BCUT2D eigenvalue weighted by Gasteiger charge is 1.94. The summed E-state index contributed by atoms with van der Waals surface area (Å²) < 4.78 is 9.82. The van der Waals surface area contributed by atoms with Crippen LogP contribution in [0.2, 0.25) is 0 Å². The number of rotatable bonds is 4. The predicted octanol–water partition coefficient (Wildman–Crippen LogP) is 1.72. The number of ether oxygens (including phenoxy) is 2. The Labute approximate surface area is 88.3 Å². The highest BCUT2D eigenvalue weighted by atomic mass is 16.5. The number of hydrogen-bond acceptors (Lipinski definition) is 4. The van der Waals surface area contributed by atoms with E-state index in [0.29, 0.717) is 18.0 Å². The van der Waals surface area contributed by atoms with E-state index in [0.717, 1.165) is 0 Å². The minimum atomic E-state index is -0.429. The van der Waals surface area contributed by atoms with Crippen molar-refractivity contribution in [3.63, 3.8) is 0 Å². The molecule has 0 aliphatic rings. The van der Waals surface area contributed by atoms with Crippen LogP contribution in [0.1, 0.15) is 6.92 Å². The minimum absolute atomic E-state index is 0.349. The molecule has 0 unspecified atom stereocenters. The molecule has 0 saturated carbocycles. The fraction of sp³-hybridized carbons (Fsp3) is 0.182. The Morgan fingerprint density at radius 3 is 3.00 bits per heavy atom. The first-order chi connectivity index (χ1) is 7.22. The summed E-state index contributed by atoms with van der Waals surface area (Å²) in [4.78, 5) is 10.9. The summed E-state index contributed by atoms with van der Waals surface area (Å²) in [6.45, 7) is 2.09. The number of carbonyl (C=O) groups excluding carboxylic acids is 1. The predicted molar refractivity (Wildman–Crippen MR) is 57.3 cm³/mol. The van der Waals surface area contributed by atoms with Crippen LogP contribution < -0.4 is 10.5 Å². The largest absolute Gasteiger partial charge is 0.465 e. The van der Waals surface area contributed by atoms with Crippen LogP contribution in [0.15, 0.2) is 36.6 Å². The second kappa shape index (κ2) is 5.70. The standard InChI is InChI=1S/C11H13NO3/c1-2-14-11(13)6-7-15-10-5-3-4-9(12)8-10/h3-8H,2,12H2,1H3. The van der Waals surface area contributed by atoms with Crippen molar-refractivity contribution in [2.45, 2.75) is 6.92 Å². The number of nitrogen functional groups attached to an aromatic ring is 1. The van der Waals surface area contributed by atoms with E-state index in [1.165, 1.54) is 12.3 Å². The Morgan fingerprint density at radius 1 is 1.53 bits per heavy atom. The second-order valence-electron chi connectivity index (χ2n) is 2.75. The van der Waals surface area contributed by atoms with Gasteiger partial charge < -0.3 is 15.2 Å². The zero-order valence-corrected chi connectivity index (χ0v) is 8.47.